The van der Waals surface area contributed by atoms with Crippen LogP contribution in [0, 0.1) is 6.92 Å². The van der Waals surface area contributed by atoms with E-state index in [9.17, 15) is 13.2 Å². The number of amides is 1. The van der Waals surface area contributed by atoms with Crippen LogP contribution in [0.25, 0.3) is 0 Å². The molecular formula is C20H24N4O3S2. The number of carbonyl (C=O) groups is 1. The number of hydrogen-bond acceptors (Lipinski definition) is 6. The van der Waals surface area contributed by atoms with Gasteiger partial charge < -0.3 is 10.2 Å². The fourth-order valence-electron chi connectivity index (χ4n) is 3.56. The number of nitrogens with zero attached hydrogens (tertiary/aromatic N) is 3. The summed E-state index contributed by atoms with van der Waals surface area (Å²) in [6.07, 6.45) is 5.08. The van der Waals surface area contributed by atoms with Gasteiger partial charge in [0.15, 0.2) is 5.84 Å². The standard InChI is InChI=1S/C20H24N4O3S2/c1-15-13-16(14-23-7-10-28-11-8-23)4-5-18(15)21-20(25)17-3-2-6-24-9-12-29(26,27)22-19(17)24/h2-6,13H,7-12,14H2,1H3,(H,21,25). The summed E-state index contributed by atoms with van der Waals surface area (Å²) >= 11 is 1.99. The highest BCUT2D eigenvalue weighted by molar-refractivity contribution is 7.99. The van der Waals surface area contributed by atoms with Gasteiger partial charge in [-0.1, -0.05) is 12.1 Å². The number of hydrogen-bond donors (Lipinski definition) is 1. The Morgan fingerprint density at radius 3 is 2.79 bits per heavy atom. The number of amidine groups is 1. The van der Waals surface area contributed by atoms with E-state index < -0.39 is 10.0 Å². The van der Waals surface area contributed by atoms with Crippen LogP contribution >= 0.6 is 11.8 Å². The predicted molar refractivity (Wildman–Crippen MR) is 118 cm³/mol. The number of benzene rings is 1. The average molecular weight is 433 g/mol. The molecular weight excluding hydrogens is 408 g/mol. The van der Waals surface area contributed by atoms with Crippen LogP contribution in [0.15, 0.2) is 46.5 Å². The Balaban J connectivity index is 1.48. The molecule has 1 fully saturated rings. The van der Waals surface area contributed by atoms with E-state index in [2.05, 4.69) is 20.7 Å². The first-order valence-electron chi connectivity index (χ1n) is 9.60. The Kier molecular flexibility index (Phi) is 5.80. The van der Waals surface area contributed by atoms with Gasteiger partial charge in [-0.15, -0.1) is 4.40 Å². The van der Waals surface area contributed by atoms with Gasteiger partial charge in [0.25, 0.3) is 15.9 Å². The first-order chi connectivity index (χ1) is 13.9. The van der Waals surface area contributed by atoms with Gasteiger partial charge in [-0.05, 0) is 36.3 Å². The molecule has 1 aromatic rings. The van der Waals surface area contributed by atoms with Crippen LogP contribution < -0.4 is 5.32 Å². The largest absolute Gasteiger partial charge is 0.331 e. The Morgan fingerprint density at radius 2 is 2.03 bits per heavy atom. The van der Waals surface area contributed by atoms with Crippen LogP contribution in [0.4, 0.5) is 5.69 Å². The number of thioether (sulfide) groups is 1. The zero-order valence-electron chi connectivity index (χ0n) is 16.3. The quantitative estimate of drug-likeness (QED) is 0.784. The van der Waals surface area contributed by atoms with E-state index in [4.69, 9.17) is 0 Å². The Hall–Kier alpha value is -2.10. The van der Waals surface area contributed by atoms with Crippen molar-refractivity contribution in [2.75, 3.05) is 42.2 Å². The van der Waals surface area contributed by atoms with Crippen LogP contribution in [-0.4, -0.2) is 66.9 Å². The summed E-state index contributed by atoms with van der Waals surface area (Å²) in [6, 6.07) is 6.05. The lowest BCUT2D eigenvalue weighted by molar-refractivity contribution is -0.112. The third-order valence-electron chi connectivity index (χ3n) is 5.15. The Labute approximate surface area is 175 Å². The molecule has 3 aliphatic heterocycles. The van der Waals surface area contributed by atoms with Crippen molar-refractivity contribution in [1.29, 1.82) is 0 Å². The minimum atomic E-state index is -3.53. The molecule has 154 valence electrons. The van der Waals surface area contributed by atoms with Gasteiger partial charge in [0.1, 0.15) is 0 Å². The molecule has 1 amide bonds. The molecule has 0 unspecified atom stereocenters. The lowest BCUT2D eigenvalue weighted by Crippen LogP contribution is -2.40. The monoisotopic (exact) mass is 432 g/mol. The summed E-state index contributed by atoms with van der Waals surface area (Å²) in [5, 5.41) is 2.91. The molecule has 0 aliphatic carbocycles. The van der Waals surface area contributed by atoms with Gasteiger partial charge >= 0.3 is 0 Å². The second-order valence-electron chi connectivity index (χ2n) is 7.31. The summed E-state index contributed by atoms with van der Waals surface area (Å²) in [4.78, 5) is 17.0. The number of sulfonamides is 1. The van der Waals surface area contributed by atoms with E-state index in [0.717, 1.165) is 25.2 Å². The number of nitrogens with one attached hydrogen (secondary N) is 1. The number of rotatable bonds is 4. The molecule has 4 rings (SSSR count). The Morgan fingerprint density at radius 1 is 1.24 bits per heavy atom. The zero-order valence-corrected chi connectivity index (χ0v) is 17.9. The number of aryl methyl sites for hydroxylation is 1. The molecule has 0 saturated carbocycles. The van der Waals surface area contributed by atoms with Crippen molar-refractivity contribution in [2.24, 2.45) is 4.40 Å². The third kappa shape index (κ3) is 4.73. The summed E-state index contributed by atoms with van der Waals surface area (Å²) < 4.78 is 27.6. The van der Waals surface area contributed by atoms with Gasteiger partial charge in [-0.2, -0.15) is 11.8 Å². The van der Waals surface area contributed by atoms with Crippen molar-refractivity contribution in [3.05, 3.63) is 53.3 Å². The van der Waals surface area contributed by atoms with Crippen molar-refractivity contribution < 1.29 is 13.2 Å². The van der Waals surface area contributed by atoms with E-state index in [1.54, 1.807) is 23.3 Å². The molecule has 3 aliphatic rings. The topological polar surface area (TPSA) is 82.1 Å². The number of fused-ring (bicyclic) bond motifs is 1. The van der Waals surface area contributed by atoms with Crippen LogP contribution in [-0.2, 0) is 21.4 Å². The molecule has 7 nitrogen and oxygen atoms in total. The first kappa shape index (κ1) is 20.2. The van der Waals surface area contributed by atoms with Crippen LogP contribution in [0.2, 0.25) is 0 Å². The molecule has 0 spiro atoms. The fraction of sp³-hybridized carbons (Fsp3) is 0.400. The van der Waals surface area contributed by atoms with E-state index in [-0.39, 0.29) is 23.1 Å². The molecule has 3 heterocycles. The van der Waals surface area contributed by atoms with E-state index in [0.29, 0.717) is 12.2 Å². The maximum Gasteiger partial charge on any atom is 0.259 e. The normalized spacial score (nSPS) is 21.2. The second kappa shape index (κ2) is 8.33. The molecule has 0 atom stereocenters. The first-order valence-corrected chi connectivity index (χ1v) is 12.4. The van der Waals surface area contributed by atoms with Crippen molar-refractivity contribution in [3.63, 3.8) is 0 Å². The van der Waals surface area contributed by atoms with Gasteiger partial charge in [-0.25, -0.2) is 8.42 Å². The van der Waals surface area contributed by atoms with Crippen LogP contribution in [0.5, 0.6) is 0 Å². The third-order valence-corrected chi connectivity index (χ3v) is 7.24. The number of anilines is 1. The fourth-order valence-corrected chi connectivity index (χ4v) is 5.53. The van der Waals surface area contributed by atoms with Crippen LogP contribution in [0.3, 0.4) is 0 Å². The summed E-state index contributed by atoms with van der Waals surface area (Å²) in [6.45, 7) is 5.38. The molecule has 1 saturated heterocycles. The van der Waals surface area contributed by atoms with Crippen LogP contribution in [0.1, 0.15) is 11.1 Å². The van der Waals surface area contributed by atoms with Crippen molar-refractivity contribution >= 4 is 39.2 Å². The second-order valence-corrected chi connectivity index (χ2v) is 10.3. The van der Waals surface area contributed by atoms with E-state index in [1.807, 2.05) is 30.8 Å². The molecule has 0 bridgehead atoms. The summed E-state index contributed by atoms with van der Waals surface area (Å²) in [5.41, 5.74) is 3.17. The summed E-state index contributed by atoms with van der Waals surface area (Å²) in [7, 11) is -3.53. The predicted octanol–water partition coefficient (Wildman–Crippen LogP) is 1.98. The molecule has 0 aromatic heterocycles. The van der Waals surface area contributed by atoms with E-state index in [1.165, 1.54) is 17.1 Å². The maximum absolute atomic E-state index is 12.9. The number of carbonyl (C=O) groups excluding carboxylic acids is 1. The van der Waals surface area contributed by atoms with Crippen molar-refractivity contribution in [1.82, 2.24) is 9.80 Å². The number of allylic oxidation sites excluding steroid dienone is 2. The highest BCUT2D eigenvalue weighted by Crippen LogP contribution is 2.22. The minimum absolute atomic E-state index is 0.0496. The van der Waals surface area contributed by atoms with Gasteiger partial charge in [0.2, 0.25) is 0 Å². The smallest absolute Gasteiger partial charge is 0.259 e. The zero-order chi connectivity index (χ0) is 20.4. The van der Waals surface area contributed by atoms with Gasteiger partial charge in [-0.3, -0.25) is 9.69 Å². The van der Waals surface area contributed by atoms with Gasteiger partial charge in [0, 0.05) is 49.6 Å². The van der Waals surface area contributed by atoms with E-state index >= 15 is 0 Å². The highest BCUT2D eigenvalue weighted by atomic mass is 32.2. The lowest BCUT2D eigenvalue weighted by Gasteiger charge is -2.28. The molecule has 1 aromatic carbocycles. The molecule has 29 heavy (non-hydrogen) atoms. The maximum atomic E-state index is 12.9. The highest BCUT2D eigenvalue weighted by Gasteiger charge is 2.30. The average Bonchev–Trinajstić information content (AvgIpc) is 2.69. The lowest BCUT2D eigenvalue weighted by atomic mass is 10.1. The SMILES string of the molecule is Cc1cc(CN2CCSCC2)ccc1NC(=O)C1=CC=CN2CCS(=O)(=O)N=C12. The molecule has 1 N–H and O–H groups in total. The molecule has 9 heteroatoms. The van der Waals surface area contributed by atoms with Crippen molar-refractivity contribution in [2.45, 2.75) is 13.5 Å². The Bertz CT molecular complexity index is 1010. The molecule has 0 radical (unpaired) electrons. The summed E-state index contributed by atoms with van der Waals surface area (Å²) in [5.74, 6) is 2.12. The minimum Gasteiger partial charge on any atom is -0.331 e. The van der Waals surface area contributed by atoms with Crippen molar-refractivity contribution in [3.8, 4) is 0 Å². The van der Waals surface area contributed by atoms with Gasteiger partial charge in [0.05, 0.1) is 11.3 Å².